The Labute approximate surface area is 153 Å². The number of piperidine rings is 1. The van der Waals surface area contributed by atoms with Crippen LogP contribution in [0, 0.1) is 5.92 Å². The van der Waals surface area contributed by atoms with E-state index >= 15 is 0 Å². The van der Waals surface area contributed by atoms with E-state index < -0.39 is 0 Å². The quantitative estimate of drug-likeness (QED) is 0.881. The van der Waals surface area contributed by atoms with Gasteiger partial charge in [-0.15, -0.1) is 0 Å². The molecule has 0 bridgehead atoms. The molecular weight excluding hydrogens is 334 g/mol. The third kappa shape index (κ3) is 4.33. The van der Waals surface area contributed by atoms with E-state index in [0.717, 1.165) is 5.56 Å². The molecule has 7 heteroatoms. The van der Waals surface area contributed by atoms with Crippen molar-refractivity contribution in [3.05, 3.63) is 35.9 Å². The van der Waals surface area contributed by atoms with Crippen molar-refractivity contribution < 1.29 is 19.1 Å². The first-order valence-electron chi connectivity index (χ1n) is 9.02. The lowest BCUT2D eigenvalue weighted by Gasteiger charge is -2.31. The highest BCUT2D eigenvalue weighted by molar-refractivity contribution is 5.89. The van der Waals surface area contributed by atoms with Crippen LogP contribution in [0.25, 0.3) is 0 Å². The maximum atomic E-state index is 12.5. The molecule has 3 amide bonds. The van der Waals surface area contributed by atoms with Crippen molar-refractivity contribution in [3.8, 4) is 0 Å². The van der Waals surface area contributed by atoms with Gasteiger partial charge in [-0.25, -0.2) is 4.79 Å². The highest BCUT2D eigenvalue weighted by Gasteiger charge is 2.35. The summed E-state index contributed by atoms with van der Waals surface area (Å²) in [5, 5.41) is 3.05. The molecular formula is C19H25N3O4. The van der Waals surface area contributed by atoms with Gasteiger partial charge in [0.2, 0.25) is 11.8 Å². The number of methoxy groups -OCH3 is 1. The summed E-state index contributed by atoms with van der Waals surface area (Å²) in [6.45, 7) is 2.14. The number of rotatable bonds is 4. The van der Waals surface area contributed by atoms with Crippen LogP contribution in [-0.2, 0) is 20.9 Å². The molecule has 1 aromatic rings. The first-order chi connectivity index (χ1) is 12.6. The van der Waals surface area contributed by atoms with Crippen molar-refractivity contribution in [2.45, 2.75) is 31.8 Å². The molecule has 1 atom stereocenters. The molecule has 2 fully saturated rings. The third-order valence-electron chi connectivity index (χ3n) is 5.08. The number of nitrogens with zero attached hydrogens (tertiary/aromatic N) is 2. The van der Waals surface area contributed by atoms with Crippen LogP contribution in [0.3, 0.4) is 0 Å². The summed E-state index contributed by atoms with van der Waals surface area (Å²) in [5.74, 6) is -0.343. The Kier molecular flexibility index (Phi) is 5.75. The molecule has 0 aromatic heterocycles. The lowest BCUT2D eigenvalue weighted by molar-refractivity contribution is -0.129. The second kappa shape index (κ2) is 8.21. The molecule has 0 saturated carbocycles. The van der Waals surface area contributed by atoms with Crippen molar-refractivity contribution in [3.63, 3.8) is 0 Å². The van der Waals surface area contributed by atoms with Crippen LogP contribution in [0.2, 0.25) is 0 Å². The van der Waals surface area contributed by atoms with Crippen molar-refractivity contribution in [1.29, 1.82) is 0 Å². The minimum atomic E-state index is -0.326. The number of benzene rings is 1. The predicted octanol–water partition coefficient (Wildman–Crippen LogP) is 1.38. The Morgan fingerprint density at radius 1 is 1.19 bits per heavy atom. The smallest absolute Gasteiger partial charge is 0.409 e. The van der Waals surface area contributed by atoms with E-state index in [0.29, 0.717) is 39.0 Å². The fourth-order valence-corrected chi connectivity index (χ4v) is 3.56. The van der Waals surface area contributed by atoms with Crippen LogP contribution in [0.1, 0.15) is 24.8 Å². The van der Waals surface area contributed by atoms with Crippen LogP contribution >= 0.6 is 0 Å². The number of nitrogens with one attached hydrogen (secondary N) is 1. The van der Waals surface area contributed by atoms with Gasteiger partial charge in [-0.1, -0.05) is 30.3 Å². The second-order valence-electron chi connectivity index (χ2n) is 6.90. The largest absolute Gasteiger partial charge is 0.453 e. The first-order valence-corrected chi connectivity index (χ1v) is 9.02. The summed E-state index contributed by atoms with van der Waals surface area (Å²) in [4.78, 5) is 39.7. The van der Waals surface area contributed by atoms with E-state index in [4.69, 9.17) is 4.74 Å². The molecule has 140 valence electrons. The number of carbonyl (C=O) groups excluding carboxylic acids is 3. The van der Waals surface area contributed by atoms with Crippen molar-refractivity contribution in [2.24, 2.45) is 5.92 Å². The molecule has 2 saturated heterocycles. The number of amides is 3. The predicted molar refractivity (Wildman–Crippen MR) is 95.1 cm³/mol. The Morgan fingerprint density at radius 3 is 2.54 bits per heavy atom. The molecule has 0 spiro atoms. The molecule has 0 aliphatic carbocycles. The monoisotopic (exact) mass is 359 g/mol. The molecule has 3 rings (SSSR count). The molecule has 7 nitrogen and oxygen atoms in total. The van der Waals surface area contributed by atoms with Gasteiger partial charge < -0.3 is 19.9 Å². The first kappa shape index (κ1) is 18.2. The van der Waals surface area contributed by atoms with E-state index in [1.165, 1.54) is 7.11 Å². The maximum absolute atomic E-state index is 12.5. The number of ether oxygens (including phenoxy) is 1. The van der Waals surface area contributed by atoms with Crippen molar-refractivity contribution in [1.82, 2.24) is 15.1 Å². The molecule has 0 radical (unpaired) electrons. The highest BCUT2D eigenvalue weighted by atomic mass is 16.5. The average Bonchev–Trinajstić information content (AvgIpc) is 3.03. The Hall–Kier alpha value is -2.57. The van der Waals surface area contributed by atoms with E-state index in [2.05, 4.69) is 5.32 Å². The van der Waals surface area contributed by atoms with Gasteiger partial charge in [0, 0.05) is 38.6 Å². The van der Waals surface area contributed by atoms with Gasteiger partial charge in [-0.05, 0) is 18.4 Å². The molecule has 2 heterocycles. The van der Waals surface area contributed by atoms with Gasteiger partial charge in [0.25, 0.3) is 0 Å². The van der Waals surface area contributed by atoms with Crippen LogP contribution in [0.15, 0.2) is 30.3 Å². The van der Waals surface area contributed by atoms with Gasteiger partial charge in [0.05, 0.1) is 13.0 Å². The van der Waals surface area contributed by atoms with Crippen LogP contribution in [0.4, 0.5) is 4.79 Å². The van der Waals surface area contributed by atoms with Crippen LogP contribution < -0.4 is 5.32 Å². The average molecular weight is 359 g/mol. The summed E-state index contributed by atoms with van der Waals surface area (Å²) in [5.41, 5.74) is 1.07. The normalized spacial score (nSPS) is 21.0. The summed E-state index contributed by atoms with van der Waals surface area (Å²) < 4.78 is 4.72. The Bertz CT molecular complexity index is 656. The summed E-state index contributed by atoms with van der Waals surface area (Å²) in [7, 11) is 1.37. The molecule has 2 aliphatic rings. The molecule has 1 N–H and O–H groups in total. The topological polar surface area (TPSA) is 79.0 Å². The van der Waals surface area contributed by atoms with Gasteiger partial charge in [-0.3, -0.25) is 9.59 Å². The zero-order chi connectivity index (χ0) is 18.5. The van der Waals surface area contributed by atoms with Crippen molar-refractivity contribution >= 4 is 17.9 Å². The van der Waals surface area contributed by atoms with Crippen LogP contribution in [0.5, 0.6) is 0 Å². The molecule has 1 unspecified atom stereocenters. The number of hydrogen-bond donors (Lipinski definition) is 1. The SMILES string of the molecule is COC(=O)N1CCC(NC(=O)C2CC(=O)N(Cc3ccccc3)C2)CC1. The Balaban J connectivity index is 1.47. The molecule has 1 aromatic carbocycles. The zero-order valence-electron chi connectivity index (χ0n) is 15.0. The van der Waals surface area contributed by atoms with Crippen molar-refractivity contribution in [2.75, 3.05) is 26.7 Å². The lowest BCUT2D eigenvalue weighted by atomic mass is 10.0. The number of likely N-dealkylation sites (tertiary alicyclic amines) is 2. The fourth-order valence-electron chi connectivity index (χ4n) is 3.56. The number of hydrogen-bond acceptors (Lipinski definition) is 4. The zero-order valence-corrected chi connectivity index (χ0v) is 15.0. The highest BCUT2D eigenvalue weighted by Crippen LogP contribution is 2.21. The second-order valence-corrected chi connectivity index (χ2v) is 6.90. The van der Waals surface area contributed by atoms with Gasteiger partial charge >= 0.3 is 6.09 Å². The third-order valence-corrected chi connectivity index (χ3v) is 5.08. The summed E-state index contributed by atoms with van der Waals surface area (Å²) in [6, 6.07) is 9.84. The fraction of sp³-hybridized carbons (Fsp3) is 0.526. The lowest BCUT2D eigenvalue weighted by Crippen LogP contribution is -2.48. The van der Waals surface area contributed by atoms with Gasteiger partial charge in [0.1, 0.15) is 0 Å². The maximum Gasteiger partial charge on any atom is 0.409 e. The van der Waals surface area contributed by atoms with E-state index in [1.807, 2.05) is 30.3 Å². The summed E-state index contributed by atoms with van der Waals surface area (Å²) in [6.07, 6.45) is 1.34. The summed E-state index contributed by atoms with van der Waals surface area (Å²) >= 11 is 0. The minimum absolute atomic E-state index is 0.0227. The molecule has 26 heavy (non-hydrogen) atoms. The van der Waals surface area contributed by atoms with E-state index in [9.17, 15) is 14.4 Å². The van der Waals surface area contributed by atoms with E-state index in [1.54, 1.807) is 9.80 Å². The van der Waals surface area contributed by atoms with E-state index in [-0.39, 0.29) is 36.3 Å². The standard InChI is InChI=1S/C19H25N3O4/c1-26-19(25)21-9-7-16(8-10-21)20-18(24)15-11-17(23)22(13-15)12-14-5-3-2-4-6-14/h2-6,15-16H,7-13H2,1H3,(H,20,24). The Morgan fingerprint density at radius 2 is 1.88 bits per heavy atom. The van der Waals surface area contributed by atoms with Gasteiger partial charge in [0.15, 0.2) is 0 Å². The minimum Gasteiger partial charge on any atom is -0.453 e. The van der Waals surface area contributed by atoms with Gasteiger partial charge in [-0.2, -0.15) is 0 Å². The number of carbonyl (C=O) groups is 3. The molecule has 2 aliphatic heterocycles. The van der Waals surface area contributed by atoms with Crippen LogP contribution in [-0.4, -0.2) is 60.5 Å².